The summed E-state index contributed by atoms with van der Waals surface area (Å²) in [5.41, 5.74) is 2.42. The molecule has 224 valence electrons. The lowest BCUT2D eigenvalue weighted by Gasteiger charge is -2.33. The summed E-state index contributed by atoms with van der Waals surface area (Å²) in [6.45, 7) is 0.587. The summed E-state index contributed by atoms with van der Waals surface area (Å²) >= 11 is 4.31. The average molecular weight is 601 g/mol. The largest absolute Gasteiger partial charge is 0.369 e. The molecule has 0 saturated carbocycles. The highest BCUT2D eigenvalue weighted by Gasteiger charge is 2.45. The molecule has 1 aliphatic heterocycles. The second-order valence-corrected chi connectivity index (χ2v) is 11.1. The molecule has 3 aromatic carbocycles. The minimum absolute atomic E-state index is 0.0315. The quantitative estimate of drug-likeness (QED) is 0.102. The zero-order valence-corrected chi connectivity index (χ0v) is 24.5. The third-order valence-corrected chi connectivity index (χ3v) is 7.77. The first-order chi connectivity index (χ1) is 20.7. The molecule has 0 spiro atoms. The predicted octanol–water partition coefficient (Wildman–Crippen LogP) is 2.37. The molecule has 0 bridgehead atoms. The Morgan fingerprint density at radius 3 is 2.14 bits per heavy atom. The molecule has 0 aromatic heterocycles. The number of benzene rings is 3. The molecular formula is C33H36N4O5S. The van der Waals surface area contributed by atoms with E-state index in [2.05, 4.69) is 33.9 Å². The van der Waals surface area contributed by atoms with Gasteiger partial charge >= 0.3 is 0 Å². The number of hydrogen-bond acceptors (Lipinski definition) is 6. The van der Waals surface area contributed by atoms with Crippen molar-refractivity contribution in [1.82, 2.24) is 21.3 Å². The number of amides is 4. The van der Waals surface area contributed by atoms with Gasteiger partial charge in [0.2, 0.25) is 22.7 Å². The first-order valence-electron chi connectivity index (χ1n) is 14.1. The zero-order valence-electron chi connectivity index (χ0n) is 23.6. The minimum Gasteiger partial charge on any atom is -0.369 e. The summed E-state index contributed by atoms with van der Waals surface area (Å²) in [6.07, 6.45) is 3.58. The van der Waals surface area contributed by atoms with E-state index in [9.17, 15) is 24.3 Å². The van der Waals surface area contributed by atoms with Gasteiger partial charge in [0.05, 0.1) is 6.04 Å². The number of rotatable bonds is 13. The molecule has 0 aliphatic carbocycles. The highest BCUT2D eigenvalue weighted by Crippen LogP contribution is 2.26. The van der Waals surface area contributed by atoms with Gasteiger partial charge in [-0.1, -0.05) is 91.0 Å². The molecule has 1 heterocycles. The Balaban J connectivity index is 1.53. The predicted molar refractivity (Wildman–Crippen MR) is 167 cm³/mol. The summed E-state index contributed by atoms with van der Waals surface area (Å²) in [4.78, 5) is 49.9. The summed E-state index contributed by atoms with van der Waals surface area (Å²) < 4.78 is 0. The van der Waals surface area contributed by atoms with E-state index in [4.69, 9.17) is 0 Å². The van der Waals surface area contributed by atoms with Gasteiger partial charge in [-0.15, -0.1) is 12.6 Å². The van der Waals surface area contributed by atoms with Crippen LogP contribution in [0.15, 0.2) is 97.1 Å². The number of carbonyl (C=O) groups is 4. The number of aliphatic hydroxyl groups is 1. The summed E-state index contributed by atoms with van der Waals surface area (Å²) in [5, 5.41) is 22.3. The number of nitrogens with one attached hydrogen (secondary N) is 4. The first kappa shape index (κ1) is 31.5. The molecule has 4 atom stereocenters. The number of carbonyl (C=O) groups excluding carboxylic acids is 4. The maximum absolute atomic E-state index is 13.7. The van der Waals surface area contributed by atoms with Crippen molar-refractivity contribution in [3.63, 3.8) is 0 Å². The molecule has 10 heteroatoms. The van der Waals surface area contributed by atoms with E-state index in [-0.39, 0.29) is 25.3 Å². The van der Waals surface area contributed by atoms with E-state index in [0.717, 1.165) is 16.7 Å². The Hall–Kier alpha value is -4.41. The summed E-state index contributed by atoms with van der Waals surface area (Å²) in [7, 11) is 0. The fraction of sp³-hybridized carbons (Fsp3) is 0.273. The molecule has 1 aliphatic rings. The van der Waals surface area contributed by atoms with Gasteiger partial charge in [0.15, 0.2) is 0 Å². The van der Waals surface area contributed by atoms with Crippen LogP contribution in [0.5, 0.6) is 0 Å². The van der Waals surface area contributed by atoms with Crippen molar-refractivity contribution >= 4 is 42.3 Å². The Morgan fingerprint density at radius 1 is 0.930 bits per heavy atom. The Kier molecular flexibility index (Phi) is 11.1. The average Bonchev–Trinajstić information content (AvgIpc) is 3.43. The van der Waals surface area contributed by atoms with E-state index in [1.54, 1.807) is 6.08 Å². The van der Waals surface area contributed by atoms with E-state index < -0.39 is 40.7 Å². The van der Waals surface area contributed by atoms with Crippen molar-refractivity contribution in [2.75, 3.05) is 6.54 Å². The van der Waals surface area contributed by atoms with E-state index >= 15 is 0 Å². The number of hydrogen-bond donors (Lipinski definition) is 6. The SMILES string of the molecule is O=C(/C=C/c1ccccc1)N[C@@H](Cc1ccccc1)C(=O)N[C@@H](C[C@@H]1CCNC1=O)[C@@](O)(S)C(=O)NCc1ccccc1. The smallest absolute Gasteiger partial charge is 0.264 e. The van der Waals surface area contributed by atoms with Crippen LogP contribution in [-0.2, 0) is 32.1 Å². The molecule has 0 unspecified atom stereocenters. The molecule has 0 radical (unpaired) electrons. The fourth-order valence-corrected chi connectivity index (χ4v) is 5.08. The van der Waals surface area contributed by atoms with Crippen molar-refractivity contribution in [2.24, 2.45) is 5.92 Å². The Morgan fingerprint density at radius 2 is 1.53 bits per heavy atom. The van der Waals surface area contributed by atoms with Crippen LogP contribution in [-0.4, -0.2) is 52.3 Å². The van der Waals surface area contributed by atoms with Crippen molar-refractivity contribution in [1.29, 1.82) is 0 Å². The van der Waals surface area contributed by atoms with E-state index in [1.807, 2.05) is 91.0 Å². The fourth-order valence-electron chi connectivity index (χ4n) is 4.83. The Labute approximate surface area is 256 Å². The molecule has 5 N–H and O–H groups in total. The number of thiol groups is 1. The van der Waals surface area contributed by atoms with Crippen molar-refractivity contribution in [3.05, 3.63) is 114 Å². The van der Waals surface area contributed by atoms with Crippen LogP contribution >= 0.6 is 12.6 Å². The lowest BCUT2D eigenvalue weighted by Crippen LogP contribution is -2.61. The van der Waals surface area contributed by atoms with Gasteiger partial charge in [-0.3, -0.25) is 19.2 Å². The van der Waals surface area contributed by atoms with Gasteiger partial charge in [-0.2, -0.15) is 0 Å². The lowest BCUT2D eigenvalue weighted by molar-refractivity contribution is -0.137. The lowest BCUT2D eigenvalue weighted by atomic mass is 9.93. The molecule has 9 nitrogen and oxygen atoms in total. The molecule has 4 rings (SSSR count). The van der Waals surface area contributed by atoms with Crippen molar-refractivity contribution < 1.29 is 24.3 Å². The van der Waals surface area contributed by atoms with E-state index in [1.165, 1.54) is 6.08 Å². The third kappa shape index (κ3) is 9.29. The molecule has 43 heavy (non-hydrogen) atoms. The maximum atomic E-state index is 13.7. The second kappa shape index (κ2) is 15.2. The standard InChI is InChI=1S/C33H36N4O5S/c38-29(17-16-23-10-4-1-5-11-23)36-27(20-24-12-6-2-7-13-24)31(40)37-28(21-26-18-19-34-30(26)39)33(42,43)32(41)35-22-25-14-8-3-9-15-25/h1-17,26-28,42-43H,18-22H2,(H,34,39)(H,35,41)(H,36,38)(H,37,40)/b17-16+/t26-,27-,28-,33+/m0/s1. The Bertz CT molecular complexity index is 1420. The van der Waals surface area contributed by atoms with Crippen molar-refractivity contribution in [2.45, 2.75) is 42.8 Å². The highest BCUT2D eigenvalue weighted by atomic mass is 32.1. The molecule has 1 saturated heterocycles. The summed E-state index contributed by atoms with van der Waals surface area (Å²) in [5.74, 6) is -2.71. The minimum atomic E-state index is -2.36. The normalized spacial score (nSPS) is 17.3. The van der Waals surface area contributed by atoms with Gasteiger partial charge in [-0.05, 0) is 35.6 Å². The van der Waals surface area contributed by atoms with Gasteiger partial charge in [-0.25, -0.2) is 0 Å². The van der Waals surface area contributed by atoms with Gasteiger partial charge < -0.3 is 26.4 Å². The third-order valence-electron chi connectivity index (χ3n) is 7.26. The second-order valence-electron chi connectivity index (χ2n) is 10.5. The van der Waals surface area contributed by atoms with Crippen LogP contribution in [0.3, 0.4) is 0 Å². The van der Waals surface area contributed by atoms with Crippen LogP contribution in [0.4, 0.5) is 0 Å². The van der Waals surface area contributed by atoms with Crippen LogP contribution in [0.1, 0.15) is 29.5 Å². The molecule has 3 aromatic rings. The van der Waals surface area contributed by atoms with Gasteiger partial charge in [0, 0.05) is 31.5 Å². The molecule has 1 fully saturated rings. The maximum Gasteiger partial charge on any atom is 0.264 e. The van der Waals surface area contributed by atoms with E-state index in [0.29, 0.717) is 13.0 Å². The first-order valence-corrected chi connectivity index (χ1v) is 14.6. The van der Waals surface area contributed by atoms with Crippen molar-refractivity contribution in [3.8, 4) is 0 Å². The topological polar surface area (TPSA) is 137 Å². The van der Waals surface area contributed by atoms with Crippen LogP contribution in [0.2, 0.25) is 0 Å². The molecular weight excluding hydrogens is 564 g/mol. The summed E-state index contributed by atoms with van der Waals surface area (Å²) in [6, 6.07) is 25.3. The zero-order chi connectivity index (χ0) is 30.7. The van der Waals surface area contributed by atoms with Gasteiger partial charge in [0.25, 0.3) is 5.91 Å². The van der Waals surface area contributed by atoms with Gasteiger partial charge in [0.1, 0.15) is 6.04 Å². The molecule has 4 amide bonds. The highest BCUT2D eigenvalue weighted by molar-refractivity contribution is 7.82. The van der Waals surface area contributed by atoms with Crippen LogP contribution in [0.25, 0.3) is 6.08 Å². The van der Waals surface area contributed by atoms with Crippen LogP contribution < -0.4 is 21.3 Å². The van der Waals surface area contributed by atoms with Crippen LogP contribution in [0, 0.1) is 5.92 Å². The monoisotopic (exact) mass is 600 g/mol.